The van der Waals surface area contributed by atoms with Gasteiger partial charge in [0.05, 0.1) is 16.6 Å². The maximum absolute atomic E-state index is 4.87. The van der Waals surface area contributed by atoms with Gasteiger partial charge in [-0.2, -0.15) is 0 Å². The summed E-state index contributed by atoms with van der Waals surface area (Å²) in [5, 5.41) is 1.14. The van der Waals surface area contributed by atoms with Crippen molar-refractivity contribution in [3.63, 3.8) is 0 Å². The van der Waals surface area contributed by atoms with Crippen LogP contribution in [0.5, 0.6) is 0 Å². The topological polar surface area (TPSA) is 57.7 Å². The van der Waals surface area contributed by atoms with Crippen molar-refractivity contribution in [3.8, 4) is 0 Å². The molecular formula is C22H23N5. The van der Waals surface area contributed by atoms with E-state index >= 15 is 0 Å². The van der Waals surface area contributed by atoms with Gasteiger partial charge >= 0.3 is 0 Å². The van der Waals surface area contributed by atoms with Gasteiger partial charge in [-0.15, -0.1) is 0 Å². The van der Waals surface area contributed by atoms with Gasteiger partial charge in [-0.05, 0) is 56.5 Å². The molecule has 0 spiro atoms. The minimum absolute atomic E-state index is 0.390. The molecule has 4 aromatic rings. The van der Waals surface area contributed by atoms with Gasteiger partial charge in [0.2, 0.25) is 0 Å². The largest absolute Gasteiger partial charge is 0.355 e. The monoisotopic (exact) mass is 357 g/mol. The minimum atomic E-state index is 0.390. The lowest BCUT2D eigenvalue weighted by atomic mass is 9.97. The highest BCUT2D eigenvalue weighted by atomic mass is 15.2. The Morgan fingerprint density at radius 2 is 1.81 bits per heavy atom. The lowest BCUT2D eigenvalue weighted by Gasteiger charge is -2.33. The fourth-order valence-electron chi connectivity index (χ4n) is 4.14. The smallest absolute Gasteiger partial charge is 0.139 e. The van der Waals surface area contributed by atoms with Gasteiger partial charge in [0.1, 0.15) is 18.0 Å². The molecule has 27 heavy (non-hydrogen) atoms. The Balaban J connectivity index is 1.49. The third-order valence-electron chi connectivity index (χ3n) is 5.53. The van der Waals surface area contributed by atoms with E-state index in [1.54, 1.807) is 6.33 Å². The van der Waals surface area contributed by atoms with Gasteiger partial charge in [0, 0.05) is 24.4 Å². The first-order valence-electron chi connectivity index (χ1n) is 9.60. The Labute approximate surface area is 158 Å². The average Bonchev–Trinajstić information content (AvgIpc) is 3.11. The van der Waals surface area contributed by atoms with Crippen LogP contribution in [0.2, 0.25) is 0 Å². The maximum Gasteiger partial charge on any atom is 0.139 e. The molecule has 2 aromatic heterocycles. The van der Waals surface area contributed by atoms with Gasteiger partial charge in [-0.25, -0.2) is 15.0 Å². The summed E-state index contributed by atoms with van der Waals surface area (Å²) in [5.41, 5.74) is 5.68. The highest BCUT2D eigenvalue weighted by Crippen LogP contribution is 2.32. The van der Waals surface area contributed by atoms with Crippen molar-refractivity contribution in [2.45, 2.75) is 32.6 Å². The molecule has 1 saturated heterocycles. The third kappa shape index (κ3) is 2.93. The second-order valence-electron chi connectivity index (χ2n) is 7.65. The van der Waals surface area contributed by atoms with Gasteiger partial charge < -0.3 is 9.88 Å². The van der Waals surface area contributed by atoms with E-state index in [1.165, 1.54) is 11.1 Å². The van der Waals surface area contributed by atoms with Crippen LogP contribution >= 0.6 is 0 Å². The number of aromatic nitrogens is 4. The SMILES string of the molecule is Cc1ccc2nc([C@@H]3CCCN(c4ncnc5ccc(C)cc45)C3)[nH]c2c1. The second-order valence-corrected chi connectivity index (χ2v) is 7.65. The minimum Gasteiger partial charge on any atom is -0.355 e. The summed E-state index contributed by atoms with van der Waals surface area (Å²) in [6, 6.07) is 12.8. The number of H-pyrrole nitrogens is 1. The zero-order valence-electron chi connectivity index (χ0n) is 15.7. The molecular weight excluding hydrogens is 334 g/mol. The number of benzene rings is 2. The number of piperidine rings is 1. The fraction of sp³-hybridized carbons (Fsp3) is 0.318. The van der Waals surface area contributed by atoms with Gasteiger partial charge in [-0.3, -0.25) is 0 Å². The number of hydrogen-bond acceptors (Lipinski definition) is 4. The first-order valence-corrected chi connectivity index (χ1v) is 9.60. The van der Waals surface area contributed by atoms with Crippen LogP contribution in [-0.2, 0) is 0 Å². The van der Waals surface area contributed by atoms with Crippen LogP contribution in [0, 0.1) is 13.8 Å². The third-order valence-corrected chi connectivity index (χ3v) is 5.53. The molecule has 5 nitrogen and oxygen atoms in total. The molecule has 0 amide bonds. The summed E-state index contributed by atoms with van der Waals surface area (Å²) in [6.45, 7) is 6.19. The highest BCUT2D eigenvalue weighted by molar-refractivity contribution is 5.89. The normalized spacial score (nSPS) is 17.7. The van der Waals surface area contributed by atoms with Crippen molar-refractivity contribution < 1.29 is 0 Å². The molecule has 0 aliphatic carbocycles. The Morgan fingerprint density at radius 3 is 2.70 bits per heavy atom. The number of hydrogen-bond donors (Lipinski definition) is 1. The molecule has 5 heteroatoms. The summed E-state index contributed by atoms with van der Waals surface area (Å²) in [4.78, 5) is 19.9. The van der Waals surface area contributed by atoms with Crippen LogP contribution in [0.15, 0.2) is 42.7 Å². The predicted molar refractivity (Wildman–Crippen MR) is 109 cm³/mol. The van der Waals surface area contributed by atoms with Gasteiger partial charge in [0.15, 0.2) is 0 Å². The number of aryl methyl sites for hydroxylation is 2. The molecule has 1 fully saturated rings. The molecule has 136 valence electrons. The summed E-state index contributed by atoms with van der Waals surface area (Å²) in [7, 11) is 0. The summed E-state index contributed by atoms with van der Waals surface area (Å²) in [5.74, 6) is 2.52. The highest BCUT2D eigenvalue weighted by Gasteiger charge is 2.25. The van der Waals surface area contributed by atoms with E-state index in [9.17, 15) is 0 Å². The van der Waals surface area contributed by atoms with Crippen LogP contribution < -0.4 is 4.90 Å². The zero-order chi connectivity index (χ0) is 18.4. The summed E-state index contributed by atoms with van der Waals surface area (Å²) < 4.78 is 0. The summed E-state index contributed by atoms with van der Waals surface area (Å²) >= 11 is 0. The molecule has 2 aromatic carbocycles. The Hall–Kier alpha value is -2.95. The van der Waals surface area contributed by atoms with E-state index in [4.69, 9.17) is 4.98 Å². The van der Waals surface area contributed by atoms with Crippen molar-refractivity contribution >= 4 is 27.8 Å². The number of imidazole rings is 1. The fourth-order valence-corrected chi connectivity index (χ4v) is 4.14. The molecule has 5 rings (SSSR count). The number of aromatic amines is 1. The zero-order valence-corrected chi connectivity index (χ0v) is 15.7. The molecule has 1 aliphatic rings. The molecule has 1 N–H and O–H groups in total. The van der Waals surface area contributed by atoms with E-state index in [0.717, 1.165) is 59.5 Å². The van der Waals surface area contributed by atoms with Crippen LogP contribution in [-0.4, -0.2) is 33.0 Å². The number of anilines is 1. The number of nitrogens with zero attached hydrogens (tertiary/aromatic N) is 4. The quantitative estimate of drug-likeness (QED) is 0.573. The average molecular weight is 357 g/mol. The number of fused-ring (bicyclic) bond motifs is 2. The molecule has 0 saturated carbocycles. The standard InChI is InChI=1S/C22H23N5/c1-14-5-7-18-17(10-14)22(24-13-23-18)27-9-3-4-16(12-27)21-25-19-8-6-15(2)11-20(19)26-21/h5-8,10-11,13,16H,3-4,9,12H2,1-2H3,(H,25,26)/t16-/m1/s1. The molecule has 1 aliphatic heterocycles. The van der Waals surface area contributed by atoms with Crippen LogP contribution in [0.4, 0.5) is 5.82 Å². The van der Waals surface area contributed by atoms with Gasteiger partial charge in [-0.1, -0.05) is 17.7 Å². The van der Waals surface area contributed by atoms with Crippen LogP contribution in [0.25, 0.3) is 21.9 Å². The summed E-state index contributed by atoms with van der Waals surface area (Å²) in [6.07, 6.45) is 3.97. The second kappa shape index (κ2) is 6.34. The van der Waals surface area contributed by atoms with Crippen LogP contribution in [0.1, 0.15) is 35.7 Å². The maximum atomic E-state index is 4.87. The molecule has 0 bridgehead atoms. The van der Waals surface area contributed by atoms with E-state index in [-0.39, 0.29) is 0 Å². The lowest BCUT2D eigenvalue weighted by Crippen LogP contribution is -2.35. The van der Waals surface area contributed by atoms with Crippen molar-refractivity contribution in [1.82, 2.24) is 19.9 Å². The van der Waals surface area contributed by atoms with Crippen molar-refractivity contribution in [2.75, 3.05) is 18.0 Å². The first-order chi connectivity index (χ1) is 13.2. The molecule has 0 unspecified atom stereocenters. The predicted octanol–water partition coefficient (Wildman–Crippen LogP) is 4.51. The van der Waals surface area contributed by atoms with Crippen molar-refractivity contribution in [2.24, 2.45) is 0 Å². The first kappa shape index (κ1) is 16.2. The van der Waals surface area contributed by atoms with Crippen LogP contribution in [0.3, 0.4) is 0 Å². The van der Waals surface area contributed by atoms with Crippen molar-refractivity contribution in [3.05, 3.63) is 59.7 Å². The van der Waals surface area contributed by atoms with Crippen molar-refractivity contribution in [1.29, 1.82) is 0 Å². The lowest BCUT2D eigenvalue weighted by molar-refractivity contribution is 0.493. The molecule has 1 atom stereocenters. The van der Waals surface area contributed by atoms with E-state index < -0.39 is 0 Å². The van der Waals surface area contributed by atoms with E-state index in [0.29, 0.717) is 5.92 Å². The Bertz CT molecular complexity index is 1130. The molecule has 3 heterocycles. The molecule has 0 radical (unpaired) electrons. The van der Waals surface area contributed by atoms with E-state index in [2.05, 4.69) is 70.1 Å². The Kier molecular flexibility index (Phi) is 3.81. The van der Waals surface area contributed by atoms with E-state index in [1.807, 2.05) is 0 Å². The Morgan fingerprint density at radius 1 is 1.00 bits per heavy atom. The number of rotatable bonds is 2. The number of nitrogens with one attached hydrogen (secondary N) is 1. The van der Waals surface area contributed by atoms with Gasteiger partial charge in [0.25, 0.3) is 0 Å².